The molecule has 1 aliphatic heterocycles. The predicted octanol–water partition coefficient (Wildman–Crippen LogP) is 1.90. The number of ketones is 1. The molecule has 34 heavy (non-hydrogen) atoms. The number of nitrogens with one attached hydrogen (secondary N) is 2. The van der Waals surface area contributed by atoms with Crippen molar-refractivity contribution in [3.05, 3.63) is 39.9 Å². The van der Waals surface area contributed by atoms with Gasteiger partial charge in [-0.05, 0) is 39.8 Å². The number of benzene rings is 1. The molecule has 12 nitrogen and oxygen atoms in total. The Hall–Kier alpha value is -3.83. The molecule has 1 aromatic carbocycles. The fourth-order valence-corrected chi connectivity index (χ4v) is 3.40. The number of amides is 2. The topological polar surface area (TPSA) is 171 Å². The minimum Gasteiger partial charge on any atom is -0.444 e. The highest BCUT2D eigenvalue weighted by atomic mass is 16.6. The second-order valence-corrected chi connectivity index (χ2v) is 8.99. The van der Waals surface area contributed by atoms with Gasteiger partial charge in [-0.1, -0.05) is 6.92 Å². The fourth-order valence-electron chi connectivity index (χ4n) is 3.40. The first kappa shape index (κ1) is 26.4. The van der Waals surface area contributed by atoms with Crippen LogP contribution >= 0.6 is 0 Å². The summed E-state index contributed by atoms with van der Waals surface area (Å²) in [6.07, 6.45) is -1.42. The quantitative estimate of drug-likeness (QED) is 0.186. The molecule has 2 N–H and O–H groups in total. The van der Waals surface area contributed by atoms with Crippen LogP contribution in [0.5, 0.6) is 0 Å². The van der Waals surface area contributed by atoms with Crippen LogP contribution in [0.25, 0.3) is 0 Å². The lowest BCUT2D eigenvalue weighted by Gasteiger charge is -2.43. The Morgan fingerprint density at radius 2 is 1.74 bits per heavy atom. The Balaban J connectivity index is 1.91. The van der Waals surface area contributed by atoms with Gasteiger partial charge in [0.1, 0.15) is 17.8 Å². The van der Waals surface area contributed by atoms with E-state index in [2.05, 4.69) is 15.4 Å². The fraction of sp³-hybridized carbons (Fsp3) is 0.500. The monoisotopic (exact) mass is 477 g/mol. The van der Waals surface area contributed by atoms with E-state index in [0.29, 0.717) is 0 Å². The molecule has 2 rings (SSSR count). The van der Waals surface area contributed by atoms with Gasteiger partial charge in [-0.15, -0.1) is 0 Å². The Morgan fingerprint density at radius 3 is 2.24 bits per heavy atom. The zero-order valence-electron chi connectivity index (χ0n) is 19.4. The van der Waals surface area contributed by atoms with Crippen molar-refractivity contribution >= 4 is 35.4 Å². The van der Waals surface area contributed by atoms with Crippen molar-refractivity contribution in [3.63, 3.8) is 0 Å². The summed E-state index contributed by atoms with van der Waals surface area (Å²) in [5.74, 6) is -4.59. The van der Waals surface area contributed by atoms with E-state index in [1.807, 2.05) is 0 Å². The maximum atomic E-state index is 12.6. The van der Waals surface area contributed by atoms with Gasteiger partial charge in [-0.2, -0.15) is 0 Å². The molecule has 1 aliphatic rings. The minimum atomic E-state index is -1.10. The average molecular weight is 477 g/mol. The summed E-state index contributed by atoms with van der Waals surface area (Å²) in [4.78, 5) is 70.8. The summed E-state index contributed by atoms with van der Waals surface area (Å²) in [6, 6.07) is 3.15. The van der Waals surface area contributed by atoms with Gasteiger partial charge in [0.05, 0.1) is 22.4 Å². The van der Waals surface area contributed by atoms with Gasteiger partial charge < -0.3 is 20.1 Å². The molecule has 1 aromatic rings. The maximum Gasteiger partial charge on any atom is 0.407 e. The van der Waals surface area contributed by atoms with Crippen LogP contribution in [0.2, 0.25) is 0 Å². The zero-order valence-corrected chi connectivity index (χ0v) is 19.4. The highest BCUT2D eigenvalue weighted by molar-refractivity contribution is 6.04. The van der Waals surface area contributed by atoms with Crippen LogP contribution < -0.4 is 10.6 Å². The molecule has 184 valence electrons. The van der Waals surface area contributed by atoms with Crippen molar-refractivity contribution in [2.24, 2.45) is 11.8 Å². The van der Waals surface area contributed by atoms with Gasteiger partial charge in [0.15, 0.2) is 0 Å². The number of hydrogen-bond acceptors (Lipinski definition) is 9. The highest BCUT2D eigenvalue weighted by Gasteiger charge is 2.48. The second-order valence-electron chi connectivity index (χ2n) is 8.99. The third-order valence-electron chi connectivity index (χ3n) is 5.17. The molecular weight excluding hydrogens is 450 g/mol. The van der Waals surface area contributed by atoms with Gasteiger partial charge in [-0.3, -0.25) is 24.5 Å². The van der Waals surface area contributed by atoms with Crippen molar-refractivity contribution in [2.75, 3.05) is 0 Å². The van der Waals surface area contributed by atoms with Crippen LogP contribution in [0.4, 0.5) is 10.5 Å². The van der Waals surface area contributed by atoms with Crippen molar-refractivity contribution in [3.8, 4) is 0 Å². The second kappa shape index (κ2) is 10.4. The summed E-state index contributed by atoms with van der Waals surface area (Å²) in [7, 11) is 0. The lowest BCUT2D eigenvalue weighted by molar-refractivity contribution is -0.384. The SMILES string of the molecule is C[C@@H](NC(=O)OC(C)(C)C)[C@H]1C(=O)N[C@@H]1[C@@H](C)C(=O)CC(=O)OC(=O)c1ccc([N+](=O)[O-])cc1. The number of esters is 2. The number of ether oxygens (including phenoxy) is 2. The lowest BCUT2D eigenvalue weighted by Crippen LogP contribution is -2.67. The third-order valence-corrected chi connectivity index (χ3v) is 5.17. The van der Waals surface area contributed by atoms with Crippen LogP contribution in [0.3, 0.4) is 0 Å². The smallest absolute Gasteiger partial charge is 0.407 e. The Kier molecular flexibility index (Phi) is 8.08. The van der Waals surface area contributed by atoms with Gasteiger partial charge in [0, 0.05) is 24.1 Å². The number of β-lactam (4-membered cyclic amide) rings is 1. The highest BCUT2D eigenvalue weighted by Crippen LogP contribution is 2.27. The molecular formula is C22H27N3O9. The molecule has 1 saturated heterocycles. The van der Waals surface area contributed by atoms with Crippen molar-refractivity contribution in [1.29, 1.82) is 0 Å². The van der Waals surface area contributed by atoms with Crippen molar-refractivity contribution in [2.45, 2.75) is 58.7 Å². The number of non-ortho nitro benzene ring substituents is 1. The number of hydrogen-bond donors (Lipinski definition) is 2. The molecule has 0 aromatic heterocycles. The van der Waals surface area contributed by atoms with E-state index in [9.17, 15) is 34.1 Å². The van der Waals surface area contributed by atoms with E-state index in [1.54, 1.807) is 27.7 Å². The van der Waals surface area contributed by atoms with Gasteiger partial charge >= 0.3 is 18.0 Å². The van der Waals surface area contributed by atoms with Crippen LogP contribution in [-0.4, -0.2) is 52.3 Å². The summed E-state index contributed by atoms with van der Waals surface area (Å²) in [5, 5.41) is 15.8. The molecule has 0 aliphatic carbocycles. The Labute approximate surface area is 195 Å². The number of nitro groups is 1. The largest absolute Gasteiger partial charge is 0.444 e. The average Bonchev–Trinajstić information content (AvgIpc) is 2.69. The van der Waals surface area contributed by atoms with E-state index in [4.69, 9.17) is 4.74 Å². The number of nitrogens with zero attached hydrogens (tertiary/aromatic N) is 1. The summed E-state index contributed by atoms with van der Waals surface area (Å²) in [5.41, 5.74) is -1.05. The number of carbonyl (C=O) groups is 5. The molecule has 0 bridgehead atoms. The number of Topliss-reactive ketones (excluding diaryl/α,β-unsaturated/α-hetero) is 1. The van der Waals surface area contributed by atoms with Crippen LogP contribution in [-0.2, 0) is 23.9 Å². The maximum absolute atomic E-state index is 12.6. The molecule has 0 radical (unpaired) electrons. The van der Waals surface area contributed by atoms with E-state index in [1.165, 1.54) is 6.92 Å². The van der Waals surface area contributed by atoms with Gasteiger partial charge in [-0.25, -0.2) is 9.59 Å². The summed E-state index contributed by atoms with van der Waals surface area (Å²) in [6.45, 7) is 8.21. The van der Waals surface area contributed by atoms with E-state index >= 15 is 0 Å². The molecule has 1 fully saturated rings. The van der Waals surface area contributed by atoms with E-state index in [0.717, 1.165) is 24.3 Å². The standard InChI is InChI=1S/C22H27N3O9/c1-11(18-17(19(28)24-18)12(2)23-21(30)34-22(3,4)5)15(26)10-16(27)33-20(29)13-6-8-14(9-7-13)25(31)32/h6-9,11-12,17-18H,10H2,1-5H3,(H,23,30)(H,24,28)/t11-,12+,17+,18+/m0/s1. The molecule has 2 amide bonds. The number of carbonyl (C=O) groups excluding carboxylic acids is 5. The van der Waals surface area contributed by atoms with E-state index in [-0.39, 0.29) is 17.2 Å². The lowest BCUT2D eigenvalue weighted by atomic mass is 9.76. The molecule has 0 unspecified atom stereocenters. The third kappa shape index (κ3) is 6.83. The van der Waals surface area contributed by atoms with Crippen molar-refractivity contribution < 1.29 is 38.4 Å². The van der Waals surface area contributed by atoms with E-state index < -0.39 is 64.7 Å². The summed E-state index contributed by atoms with van der Waals surface area (Å²) >= 11 is 0. The molecule has 12 heteroatoms. The molecule has 1 heterocycles. The van der Waals surface area contributed by atoms with Gasteiger partial charge in [0.25, 0.3) is 5.69 Å². The van der Waals surface area contributed by atoms with Crippen molar-refractivity contribution in [1.82, 2.24) is 10.6 Å². The molecule has 4 atom stereocenters. The predicted molar refractivity (Wildman–Crippen MR) is 117 cm³/mol. The number of rotatable bonds is 8. The van der Waals surface area contributed by atoms with Crippen LogP contribution in [0.1, 0.15) is 51.4 Å². The first-order valence-corrected chi connectivity index (χ1v) is 10.5. The van der Waals surface area contributed by atoms with Crippen LogP contribution in [0, 0.1) is 22.0 Å². The minimum absolute atomic E-state index is 0.0900. The Morgan fingerprint density at radius 1 is 1.15 bits per heavy atom. The zero-order chi connectivity index (χ0) is 25.8. The normalized spacial score (nSPS) is 19.0. The number of nitro benzene ring substituents is 1. The Bertz CT molecular complexity index is 998. The van der Waals surface area contributed by atoms with Gasteiger partial charge in [0.2, 0.25) is 5.91 Å². The molecule has 0 saturated carbocycles. The first-order chi connectivity index (χ1) is 15.7. The number of alkyl carbamates (subject to hydrolysis) is 1. The summed E-state index contributed by atoms with van der Waals surface area (Å²) < 4.78 is 9.83. The first-order valence-electron chi connectivity index (χ1n) is 10.5. The molecule has 0 spiro atoms. The van der Waals surface area contributed by atoms with Crippen LogP contribution in [0.15, 0.2) is 24.3 Å².